The van der Waals surface area contributed by atoms with Crippen molar-refractivity contribution in [3.8, 4) is 0 Å². The number of hydrogen-bond donors (Lipinski definition) is 0. The van der Waals surface area contributed by atoms with Gasteiger partial charge in [0.15, 0.2) is 0 Å². The third-order valence-corrected chi connectivity index (χ3v) is 8.62. The minimum absolute atomic E-state index is 0.395. The molecule has 0 spiro atoms. The Balaban J connectivity index is 0.00000301. The normalized spacial score (nSPS) is 11.9. The van der Waals surface area contributed by atoms with Crippen molar-refractivity contribution in [3.63, 3.8) is 0 Å². The van der Waals surface area contributed by atoms with Crippen LogP contribution in [0.15, 0.2) is 18.2 Å². The van der Waals surface area contributed by atoms with Crippen LogP contribution in [0.4, 0.5) is 0 Å². The van der Waals surface area contributed by atoms with Gasteiger partial charge < -0.3 is 9.05 Å². The molecule has 1 aromatic rings. The maximum atomic E-state index is 6.20. The van der Waals surface area contributed by atoms with Crippen molar-refractivity contribution < 1.29 is 27.2 Å². The molecular weight excluding hydrogens is 476 g/mol. The Morgan fingerprint density at radius 3 is 1.35 bits per heavy atom. The number of rotatable bonds is 10. The molecule has 0 unspecified atom stereocenters. The topological polar surface area (TPSA) is 18.5 Å². The zero-order valence-corrected chi connectivity index (χ0v) is 21.5. The summed E-state index contributed by atoms with van der Waals surface area (Å²) in [5, 5.41) is 0. The number of hydrogen-bond acceptors (Lipinski definition) is 2. The molecule has 6 heteroatoms. The van der Waals surface area contributed by atoms with Crippen LogP contribution >= 0.6 is 25.8 Å². The zero-order chi connectivity index (χ0) is 20.3. The van der Waals surface area contributed by atoms with Crippen molar-refractivity contribution in [2.45, 2.75) is 91.2 Å². The van der Waals surface area contributed by atoms with Crippen LogP contribution in [0.5, 0.6) is 0 Å². The van der Waals surface area contributed by atoms with E-state index in [4.69, 9.17) is 9.05 Å². The monoisotopic (exact) mass is 510 g/mol. The second kappa shape index (κ2) is 14.9. The molecule has 0 aliphatic rings. The molecule has 0 radical (unpaired) electrons. The second-order valence-corrected chi connectivity index (χ2v) is 13.4. The molecule has 0 heterocycles. The molecule has 0 fully saturated rings. The van der Waals surface area contributed by atoms with Gasteiger partial charge in [0, 0.05) is 16.3 Å². The Kier molecular flexibility index (Phi) is 15.4. The van der Waals surface area contributed by atoms with E-state index in [2.05, 4.69) is 107 Å². The summed E-state index contributed by atoms with van der Waals surface area (Å²) in [6.45, 7) is 19.3. The molecule has 0 amide bonds. The summed E-state index contributed by atoms with van der Waals surface area (Å²) in [5.74, 6) is 0. The fourth-order valence-electron chi connectivity index (χ4n) is 2.82. The zero-order valence-electron chi connectivity index (χ0n) is 17.4. The van der Waals surface area contributed by atoms with Gasteiger partial charge in [-0.2, -0.15) is 24.3 Å². The van der Waals surface area contributed by atoms with E-state index in [9.17, 15) is 0 Å². The van der Waals surface area contributed by atoms with E-state index in [-0.39, 0.29) is 0 Å². The molecule has 0 saturated carbocycles. The Hall–Kier alpha value is 0.952. The summed E-state index contributed by atoms with van der Waals surface area (Å²) < 4.78 is 12.4. The van der Waals surface area contributed by atoms with Crippen LogP contribution in [0.1, 0.15) is 66.5 Å². The first-order valence-electron chi connectivity index (χ1n) is 9.16. The molecule has 0 bridgehead atoms. The van der Waals surface area contributed by atoms with Crippen LogP contribution in [-0.4, -0.2) is 22.6 Å². The van der Waals surface area contributed by atoms with E-state index in [0.29, 0.717) is 35.8 Å². The fraction of sp³-hybridized carbons (Fsp3) is 0.700. The van der Waals surface area contributed by atoms with Crippen LogP contribution in [0.2, 0.25) is 0 Å². The molecule has 2 nitrogen and oxygen atoms in total. The van der Waals surface area contributed by atoms with Gasteiger partial charge in [0.1, 0.15) is 0 Å². The van der Waals surface area contributed by atoms with Gasteiger partial charge in [0.25, 0.3) is 0 Å². The van der Waals surface area contributed by atoms with E-state index in [1.807, 2.05) is 0 Å². The molecule has 0 atom stereocenters. The maximum absolute atomic E-state index is 6.20. The van der Waals surface area contributed by atoms with E-state index in [1.54, 1.807) is 0 Å². The summed E-state index contributed by atoms with van der Waals surface area (Å²) in [4.78, 5) is 0. The molecule has 26 heavy (non-hydrogen) atoms. The third kappa shape index (κ3) is 10.5. The first kappa shape index (κ1) is 27.0. The van der Waals surface area contributed by atoms with Crippen molar-refractivity contribution in [2.24, 2.45) is 0 Å². The summed E-state index contributed by atoms with van der Waals surface area (Å²) in [6, 6.07) is 9.78. The standard InChI is InChI=1S/C20H35O2P2.ClH.Pd/c1-15(2)23(16(3)4)21-13-19-10-9-11-20(12-19)14-22-24(17(5)6)18(7)8;;/h9-11,15-18H,13-14H2,1-8H3;1H;/q-1;;+2/p-1. The SMILES string of the molecule is CC(C)P(OCc1[c-]c(COP(C(C)C)C(C)C)ccc1)C(C)C.[Cl][Pd+]. The second-order valence-electron chi connectivity index (χ2n) is 7.34. The molecule has 0 saturated heterocycles. The van der Waals surface area contributed by atoms with Gasteiger partial charge in [-0.3, -0.25) is 0 Å². The van der Waals surface area contributed by atoms with Gasteiger partial charge in [0.05, 0.1) is 13.2 Å². The third-order valence-electron chi connectivity index (χ3n) is 3.69. The molecule has 154 valence electrons. The van der Waals surface area contributed by atoms with Gasteiger partial charge in [-0.15, -0.1) is 11.1 Å². The molecule has 0 aromatic heterocycles. The van der Waals surface area contributed by atoms with Crippen molar-refractivity contribution in [3.05, 3.63) is 35.4 Å². The quantitative estimate of drug-likeness (QED) is 0.183. The van der Waals surface area contributed by atoms with Gasteiger partial charge in [-0.25, -0.2) is 0 Å². The predicted octanol–water partition coefficient (Wildman–Crippen LogP) is 7.63. The summed E-state index contributed by atoms with van der Waals surface area (Å²) in [5.41, 5.74) is 4.62. The van der Waals surface area contributed by atoms with Crippen LogP contribution in [0.25, 0.3) is 0 Å². The van der Waals surface area contributed by atoms with Crippen molar-refractivity contribution in [1.82, 2.24) is 0 Å². The molecule has 0 N–H and O–H groups in total. The van der Waals surface area contributed by atoms with Crippen molar-refractivity contribution in [2.75, 3.05) is 0 Å². The average Bonchev–Trinajstić information content (AvgIpc) is 2.56. The van der Waals surface area contributed by atoms with Crippen molar-refractivity contribution in [1.29, 1.82) is 0 Å². The molecule has 1 rings (SSSR count). The van der Waals surface area contributed by atoms with Crippen LogP contribution < -0.4 is 0 Å². The Morgan fingerprint density at radius 1 is 0.769 bits per heavy atom. The minimum atomic E-state index is -0.395. The fourth-order valence-corrected chi connectivity index (χ4v) is 6.97. The van der Waals surface area contributed by atoms with Gasteiger partial charge in [-0.1, -0.05) is 55.4 Å². The summed E-state index contributed by atoms with van der Waals surface area (Å²) in [7, 11) is 3.70. The van der Waals surface area contributed by atoms with Gasteiger partial charge in [-0.05, 0) is 22.6 Å². The summed E-state index contributed by atoms with van der Waals surface area (Å²) >= 11 is 2.22. The Morgan fingerprint density at radius 2 is 1.08 bits per heavy atom. The van der Waals surface area contributed by atoms with Crippen LogP contribution in [-0.2, 0) is 40.4 Å². The molecular formula is C20H35ClO2P2Pd. The van der Waals surface area contributed by atoms with Gasteiger partial charge >= 0.3 is 27.7 Å². The number of halogens is 1. The average molecular weight is 511 g/mol. The van der Waals surface area contributed by atoms with E-state index in [1.165, 1.54) is 0 Å². The van der Waals surface area contributed by atoms with Crippen LogP contribution in [0, 0.1) is 6.07 Å². The van der Waals surface area contributed by atoms with E-state index in [0.717, 1.165) is 11.1 Å². The van der Waals surface area contributed by atoms with Crippen LogP contribution in [0.3, 0.4) is 0 Å². The summed E-state index contributed by atoms with van der Waals surface area (Å²) in [6.07, 6.45) is 0. The van der Waals surface area contributed by atoms with E-state index < -0.39 is 16.3 Å². The van der Waals surface area contributed by atoms with E-state index >= 15 is 0 Å². The van der Waals surface area contributed by atoms with Gasteiger partial charge in [0.2, 0.25) is 0 Å². The molecule has 1 aromatic carbocycles. The molecule has 0 aliphatic carbocycles. The first-order chi connectivity index (χ1) is 12.2. The Labute approximate surface area is 179 Å². The number of benzene rings is 1. The first-order valence-corrected chi connectivity index (χ1v) is 14.0. The van der Waals surface area contributed by atoms with Crippen molar-refractivity contribution >= 4 is 25.8 Å². The Bertz CT molecular complexity index is 429. The molecule has 0 aliphatic heterocycles. The predicted molar refractivity (Wildman–Crippen MR) is 115 cm³/mol.